The number of carbonyl (C=O) groups excluding carboxylic acids is 2. The van der Waals surface area contributed by atoms with Gasteiger partial charge in [-0.3, -0.25) is 4.79 Å². The summed E-state index contributed by atoms with van der Waals surface area (Å²) in [6.07, 6.45) is 0.462. The number of aromatic nitrogens is 2. The molecule has 3 aromatic carbocycles. The van der Waals surface area contributed by atoms with Gasteiger partial charge in [-0.1, -0.05) is 78.9 Å². The Hall–Kier alpha value is -4.31. The molecule has 1 saturated heterocycles. The van der Waals surface area contributed by atoms with Gasteiger partial charge in [-0.15, -0.1) is 0 Å². The van der Waals surface area contributed by atoms with Crippen LogP contribution in [0.2, 0.25) is 0 Å². The molecule has 0 radical (unpaired) electrons. The fourth-order valence-corrected chi connectivity index (χ4v) is 5.60. The number of morpholine rings is 1. The van der Waals surface area contributed by atoms with Crippen molar-refractivity contribution in [2.45, 2.75) is 50.8 Å². The number of benzene rings is 3. The highest BCUT2D eigenvalue weighted by molar-refractivity contribution is 6.15. The molecule has 0 spiro atoms. The molecule has 0 aliphatic carbocycles. The third-order valence-corrected chi connectivity index (χ3v) is 8.07. The largest absolute Gasteiger partial charge is 0.452 e. The highest BCUT2D eigenvalue weighted by Gasteiger charge is 2.36. The number of carbonyl (C=O) groups is 2. The van der Waals surface area contributed by atoms with Gasteiger partial charge in [0.1, 0.15) is 5.82 Å². The highest BCUT2D eigenvalue weighted by atomic mass is 16.5. The Kier molecular flexibility index (Phi) is 9.66. The van der Waals surface area contributed by atoms with Crippen LogP contribution in [0.25, 0.3) is 0 Å². The quantitative estimate of drug-likeness (QED) is 0.256. The molecule has 0 unspecified atom stereocenters. The Morgan fingerprint density at radius 2 is 1.63 bits per heavy atom. The van der Waals surface area contributed by atoms with E-state index in [1.54, 1.807) is 12.1 Å². The molecular weight excluding hydrogens is 542 g/mol. The number of imide groups is 1. The van der Waals surface area contributed by atoms with E-state index in [0.29, 0.717) is 31.7 Å². The first-order valence-electron chi connectivity index (χ1n) is 14.6. The number of amides is 2. The SMILES string of the molecule is COC(=O)N(C(=O)[C@@H](N)C(c1ccccc1)c1ccccc1)c1ccccc1CC[C@@H]1CN[C@H](c2nc(C)c(C)[nH]2)CO1. The van der Waals surface area contributed by atoms with Crippen LogP contribution < -0.4 is 16.0 Å². The lowest BCUT2D eigenvalue weighted by molar-refractivity contribution is -0.119. The number of para-hydroxylation sites is 1. The van der Waals surface area contributed by atoms with Crippen LogP contribution in [-0.2, 0) is 20.7 Å². The Bertz CT molecular complexity index is 1460. The molecule has 1 aliphatic heterocycles. The molecule has 2 amide bonds. The molecule has 224 valence electrons. The van der Waals surface area contributed by atoms with E-state index in [1.807, 2.05) is 86.6 Å². The summed E-state index contributed by atoms with van der Waals surface area (Å²) < 4.78 is 11.3. The summed E-state index contributed by atoms with van der Waals surface area (Å²) in [6.45, 7) is 5.15. The number of nitrogens with two attached hydrogens (primary N) is 1. The van der Waals surface area contributed by atoms with Crippen molar-refractivity contribution in [3.05, 3.63) is 119 Å². The monoisotopic (exact) mass is 581 g/mol. The summed E-state index contributed by atoms with van der Waals surface area (Å²) in [6, 6.07) is 25.6. The van der Waals surface area contributed by atoms with Gasteiger partial charge in [0.25, 0.3) is 5.91 Å². The molecule has 4 aromatic rings. The molecule has 0 saturated carbocycles. The van der Waals surface area contributed by atoms with E-state index < -0.39 is 24.0 Å². The summed E-state index contributed by atoms with van der Waals surface area (Å²) in [4.78, 5) is 36.3. The topological polar surface area (TPSA) is 123 Å². The van der Waals surface area contributed by atoms with E-state index in [2.05, 4.69) is 15.3 Å². The molecule has 5 rings (SSSR count). The van der Waals surface area contributed by atoms with E-state index in [1.165, 1.54) is 7.11 Å². The maximum absolute atomic E-state index is 14.1. The molecule has 3 atom stereocenters. The Morgan fingerprint density at radius 1 is 1.00 bits per heavy atom. The van der Waals surface area contributed by atoms with Crippen molar-refractivity contribution in [2.24, 2.45) is 5.73 Å². The second-order valence-electron chi connectivity index (χ2n) is 10.9. The zero-order valence-corrected chi connectivity index (χ0v) is 24.8. The first kappa shape index (κ1) is 30.2. The number of methoxy groups -OCH3 is 1. The van der Waals surface area contributed by atoms with E-state index in [0.717, 1.165) is 38.8 Å². The molecule has 9 nitrogen and oxygen atoms in total. The standard InChI is InChI=1S/C34H39N5O4/c1-22-23(2)38-32(37-22)28-21-43-27(20-36-28)19-18-24-12-10-11-17-29(24)39(34(41)42-3)33(40)31(35)30(25-13-6-4-7-14-25)26-15-8-5-9-16-26/h4-17,27-28,30-31,36H,18-21,35H2,1-3H3,(H,37,38)/t27-,28+,31+/m1/s1. The summed E-state index contributed by atoms with van der Waals surface area (Å²) in [7, 11) is 1.27. The Labute approximate surface area is 252 Å². The third kappa shape index (κ3) is 6.85. The lowest BCUT2D eigenvalue weighted by Crippen LogP contribution is -2.50. The Balaban J connectivity index is 1.34. The summed E-state index contributed by atoms with van der Waals surface area (Å²) in [5.74, 6) is -0.128. The maximum Gasteiger partial charge on any atom is 0.420 e. The van der Waals surface area contributed by atoms with Gasteiger partial charge >= 0.3 is 6.09 Å². The van der Waals surface area contributed by atoms with Crippen LogP contribution in [0.1, 0.15) is 52.3 Å². The van der Waals surface area contributed by atoms with E-state index in [-0.39, 0.29) is 12.1 Å². The number of nitrogens with one attached hydrogen (secondary N) is 2. The first-order valence-corrected chi connectivity index (χ1v) is 14.6. The van der Waals surface area contributed by atoms with Crippen molar-refractivity contribution in [2.75, 3.05) is 25.2 Å². The summed E-state index contributed by atoms with van der Waals surface area (Å²) in [5.41, 5.74) is 11.8. The molecule has 2 heterocycles. The van der Waals surface area contributed by atoms with Gasteiger partial charge in [-0.25, -0.2) is 14.7 Å². The highest BCUT2D eigenvalue weighted by Crippen LogP contribution is 2.31. The minimum absolute atomic E-state index is 0.00652. The van der Waals surface area contributed by atoms with Gasteiger partial charge < -0.3 is 25.5 Å². The van der Waals surface area contributed by atoms with Gasteiger partial charge in [0.15, 0.2) is 0 Å². The first-order chi connectivity index (χ1) is 20.9. The van der Waals surface area contributed by atoms with E-state index in [4.69, 9.17) is 15.2 Å². The normalized spacial score (nSPS) is 17.4. The van der Waals surface area contributed by atoms with Gasteiger partial charge in [0.2, 0.25) is 0 Å². The molecule has 9 heteroatoms. The molecule has 1 aromatic heterocycles. The van der Waals surface area contributed by atoms with Crippen LogP contribution in [0.3, 0.4) is 0 Å². The fourth-order valence-electron chi connectivity index (χ4n) is 5.60. The molecule has 0 bridgehead atoms. The molecule has 43 heavy (non-hydrogen) atoms. The zero-order valence-electron chi connectivity index (χ0n) is 24.8. The third-order valence-electron chi connectivity index (χ3n) is 8.07. The van der Waals surface area contributed by atoms with Crippen LogP contribution in [0.15, 0.2) is 84.9 Å². The van der Waals surface area contributed by atoms with Crippen LogP contribution in [0, 0.1) is 13.8 Å². The molecule has 4 N–H and O–H groups in total. The predicted octanol–water partition coefficient (Wildman–Crippen LogP) is 4.95. The number of H-pyrrole nitrogens is 1. The number of imidazole rings is 1. The average molecular weight is 582 g/mol. The minimum Gasteiger partial charge on any atom is -0.452 e. The number of hydrogen-bond donors (Lipinski definition) is 3. The number of hydrogen-bond acceptors (Lipinski definition) is 7. The van der Waals surface area contributed by atoms with E-state index in [9.17, 15) is 9.59 Å². The molecule has 1 aliphatic rings. The average Bonchev–Trinajstić information content (AvgIpc) is 3.39. The fraction of sp³-hybridized carbons (Fsp3) is 0.324. The van der Waals surface area contributed by atoms with Crippen molar-refractivity contribution in [1.29, 1.82) is 0 Å². The number of anilines is 1. The minimum atomic E-state index is -1.05. The lowest BCUT2D eigenvalue weighted by atomic mass is 9.84. The molecular formula is C34H39N5O4. The summed E-state index contributed by atoms with van der Waals surface area (Å²) in [5, 5.41) is 3.53. The summed E-state index contributed by atoms with van der Waals surface area (Å²) >= 11 is 0. The van der Waals surface area contributed by atoms with Crippen LogP contribution in [0.5, 0.6) is 0 Å². The zero-order chi connectivity index (χ0) is 30.3. The lowest BCUT2D eigenvalue weighted by Gasteiger charge is -2.31. The van der Waals surface area contributed by atoms with Crippen molar-refractivity contribution in [1.82, 2.24) is 15.3 Å². The van der Waals surface area contributed by atoms with Crippen molar-refractivity contribution >= 4 is 17.7 Å². The second kappa shape index (κ2) is 13.8. The van der Waals surface area contributed by atoms with Gasteiger partial charge in [0, 0.05) is 18.2 Å². The number of rotatable bonds is 9. The maximum atomic E-state index is 14.1. The van der Waals surface area contributed by atoms with Crippen LogP contribution in [-0.4, -0.2) is 54.4 Å². The smallest absolute Gasteiger partial charge is 0.420 e. The van der Waals surface area contributed by atoms with Gasteiger partial charge in [-0.2, -0.15) is 0 Å². The number of ether oxygens (including phenoxy) is 2. The van der Waals surface area contributed by atoms with Crippen LogP contribution >= 0.6 is 0 Å². The number of aromatic amines is 1. The number of aryl methyl sites for hydroxylation is 3. The van der Waals surface area contributed by atoms with Gasteiger partial charge in [0.05, 0.1) is 43.3 Å². The molecule has 1 fully saturated rings. The Morgan fingerprint density at radius 3 is 2.19 bits per heavy atom. The van der Waals surface area contributed by atoms with E-state index >= 15 is 0 Å². The second-order valence-corrected chi connectivity index (χ2v) is 10.9. The van der Waals surface area contributed by atoms with Crippen LogP contribution in [0.4, 0.5) is 10.5 Å². The number of nitrogens with zero attached hydrogens (tertiary/aromatic N) is 2. The van der Waals surface area contributed by atoms with Gasteiger partial charge in [-0.05, 0) is 49.4 Å². The van der Waals surface area contributed by atoms with Crippen molar-refractivity contribution in [3.63, 3.8) is 0 Å². The van der Waals surface area contributed by atoms with Crippen molar-refractivity contribution < 1.29 is 19.1 Å². The van der Waals surface area contributed by atoms with Crippen molar-refractivity contribution in [3.8, 4) is 0 Å². The predicted molar refractivity (Wildman–Crippen MR) is 166 cm³/mol.